The molecule has 4 rings (SSSR count). The lowest BCUT2D eigenvalue weighted by Gasteiger charge is -2.06. The predicted molar refractivity (Wildman–Crippen MR) is 95.4 cm³/mol. The second kappa shape index (κ2) is 5.95. The topological polar surface area (TPSA) is 50.7 Å². The van der Waals surface area contributed by atoms with Crippen LogP contribution in [0.3, 0.4) is 0 Å². The number of fused-ring (bicyclic) bond motifs is 1. The van der Waals surface area contributed by atoms with Crippen molar-refractivity contribution < 1.29 is 0 Å². The molecule has 0 spiro atoms. The molecule has 0 saturated carbocycles. The van der Waals surface area contributed by atoms with Gasteiger partial charge in [0.15, 0.2) is 5.82 Å². The summed E-state index contributed by atoms with van der Waals surface area (Å²) in [4.78, 5) is 14.2. The lowest BCUT2D eigenvalue weighted by Crippen LogP contribution is -1.96. The molecule has 2 heterocycles. The van der Waals surface area contributed by atoms with Crippen LogP contribution in [0, 0.1) is 0 Å². The van der Waals surface area contributed by atoms with E-state index in [4.69, 9.17) is 16.6 Å². The molecule has 2 aromatic heterocycles. The highest BCUT2D eigenvalue weighted by Gasteiger charge is 2.12. The smallest absolute Gasteiger partial charge is 0.161 e. The number of hydrogen-bond donors (Lipinski definition) is 1. The SMILES string of the molecule is Clc1ccccc1Nc1ncnc2sc(-c3ccccc3)nc12. The maximum Gasteiger partial charge on any atom is 0.161 e. The molecule has 0 aliphatic rings. The second-order valence-corrected chi connectivity index (χ2v) is 6.25. The van der Waals surface area contributed by atoms with E-state index in [1.807, 2.05) is 54.6 Å². The van der Waals surface area contributed by atoms with Crippen LogP contribution in [0.2, 0.25) is 5.02 Å². The molecule has 112 valence electrons. The lowest BCUT2D eigenvalue weighted by atomic mass is 10.2. The van der Waals surface area contributed by atoms with Gasteiger partial charge in [0.1, 0.15) is 21.7 Å². The molecule has 0 amide bonds. The van der Waals surface area contributed by atoms with Gasteiger partial charge in [0.2, 0.25) is 0 Å². The largest absolute Gasteiger partial charge is 0.337 e. The van der Waals surface area contributed by atoms with Crippen LogP contribution < -0.4 is 5.32 Å². The first-order chi connectivity index (χ1) is 11.3. The molecule has 6 heteroatoms. The molecule has 4 aromatic rings. The Bertz CT molecular complexity index is 969. The van der Waals surface area contributed by atoms with Crippen molar-refractivity contribution in [3.63, 3.8) is 0 Å². The minimum absolute atomic E-state index is 0.637. The highest BCUT2D eigenvalue weighted by Crippen LogP contribution is 2.33. The summed E-state index contributed by atoms with van der Waals surface area (Å²) in [5, 5.41) is 4.80. The Morgan fingerprint density at radius 1 is 0.913 bits per heavy atom. The average Bonchev–Trinajstić information content (AvgIpc) is 3.03. The third-order valence-electron chi connectivity index (χ3n) is 3.34. The molecule has 0 unspecified atom stereocenters. The van der Waals surface area contributed by atoms with Gasteiger partial charge in [-0.25, -0.2) is 15.0 Å². The van der Waals surface area contributed by atoms with Crippen molar-refractivity contribution in [2.24, 2.45) is 0 Å². The first-order valence-corrected chi connectivity index (χ1v) is 8.19. The second-order valence-electron chi connectivity index (χ2n) is 4.87. The van der Waals surface area contributed by atoms with E-state index in [1.165, 1.54) is 6.33 Å². The first kappa shape index (κ1) is 14.1. The maximum absolute atomic E-state index is 6.20. The van der Waals surface area contributed by atoms with Gasteiger partial charge in [-0.1, -0.05) is 65.4 Å². The highest BCUT2D eigenvalue weighted by molar-refractivity contribution is 7.21. The minimum Gasteiger partial charge on any atom is -0.337 e. The van der Waals surface area contributed by atoms with Crippen LogP contribution in [-0.4, -0.2) is 15.0 Å². The Balaban J connectivity index is 1.79. The number of anilines is 2. The fourth-order valence-corrected chi connectivity index (χ4v) is 3.34. The van der Waals surface area contributed by atoms with Crippen molar-refractivity contribution in [3.8, 4) is 10.6 Å². The number of thiazole rings is 1. The van der Waals surface area contributed by atoms with Gasteiger partial charge in [-0.3, -0.25) is 0 Å². The number of halogens is 1. The molecule has 0 bridgehead atoms. The van der Waals surface area contributed by atoms with Gasteiger partial charge in [0, 0.05) is 5.56 Å². The van der Waals surface area contributed by atoms with Crippen molar-refractivity contribution in [2.45, 2.75) is 0 Å². The normalized spacial score (nSPS) is 10.8. The fourth-order valence-electron chi connectivity index (χ4n) is 2.24. The summed E-state index contributed by atoms with van der Waals surface area (Å²) in [6.45, 7) is 0. The molecular formula is C17H11ClN4S. The zero-order chi connectivity index (χ0) is 15.6. The molecule has 23 heavy (non-hydrogen) atoms. The molecule has 0 radical (unpaired) electrons. The van der Waals surface area contributed by atoms with Crippen molar-refractivity contribution >= 4 is 44.8 Å². The molecule has 0 atom stereocenters. The summed E-state index contributed by atoms with van der Waals surface area (Å²) >= 11 is 7.75. The molecule has 4 nitrogen and oxygen atoms in total. The standard InChI is InChI=1S/C17H11ClN4S/c18-12-8-4-5-9-13(12)21-15-14-17(20-10-19-15)23-16(22-14)11-6-2-1-3-7-11/h1-10H,(H,19,20,21). The quantitative estimate of drug-likeness (QED) is 0.561. The van der Waals surface area contributed by atoms with Crippen LogP contribution in [0.25, 0.3) is 20.9 Å². The summed E-state index contributed by atoms with van der Waals surface area (Å²) in [6, 6.07) is 17.6. The van der Waals surface area contributed by atoms with Gasteiger partial charge < -0.3 is 5.32 Å². The Kier molecular flexibility index (Phi) is 3.65. The van der Waals surface area contributed by atoms with Crippen LogP contribution >= 0.6 is 22.9 Å². The molecular weight excluding hydrogens is 328 g/mol. The van der Waals surface area contributed by atoms with E-state index in [-0.39, 0.29) is 0 Å². The van der Waals surface area contributed by atoms with Gasteiger partial charge in [0.05, 0.1) is 10.7 Å². The Hall–Kier alpha value is -2.50. The number of para-hydroxylation sites is 1. The number of nitrogens with one attached hydrogen (secondary N) is 1. The van der Waals surface area contributed by atoms with Crippen LogP contribution in [-0.2, 0) is 0 Å². The third-order valence-corrected chi connectivity index (χ3v) is 4.69. The number of aromatic nitrogens is 3. The van der Waals surface area contributed by atoms with E-state index in [0.29, 0.717) is 10.8 Å². The van der Waals surface area contributed by atoms with Crippen molar-refractivity contribution in [1.29, 1.82) is 0 Å². The Morgan fingerprint density at radius 2 is 1.70 bits per heavy atom. The van der Waals surface area contributed by atoms with Crippen LogP contribution in [0.1, 0.15) is 0 Å². The summed E-state index contributed by atoms with van der Waals surface area (Å²) in [7, 11) is 0. The first-order valence-electron chi connectivity index (χ1n) is 7.00. The predicted octanol–water partition coefficient (Wildman–Crippen LogP) is 5.15. The van der Waals surface area contributed by atoms with Gasteiger partial charge in [-0.15, -0.1) is 0 Å². The zero-order valence-electron chi connectivity index (χ0n) is 11.9. The summed E-state index contributed by atoms with van der Waals surface area (Å²) in [6.07, 6.45) is 1.54. The van der Waals surface area contributed by atoms with E-state index >= 15 is 0 Å². The van der Waals surface area contributed by atoms with E-state index in [9.17, 15) is 0 Å². The maximum atomic E-state index is 6.20. The van der Waals surface area contributed by atoms with Crippen molar-refractivity contribution in [2.75, 3.05) is 5.32 Å². The summed E-state index contributed by atoms with van der Waals surface area (Å²) in [5.41, 5.74) is 2.61. The van der Waals surface area contributed by atoms with Crippen molar-refractivity contribution in [1.82, 2.24) is 15.0 Å². The van der Waals surface area contributed by atoms with Crippen LogP contribution in [0.4, 0.5) is 11.5 Å². The molecule has 0 aliphatic carbocycles. The Labute approximate surface area is 141 Å². The molecule has 0 fully saturated rings. The van der Waals surface area contributed by atoms with Gasteiger partial charge >= 0.3 is 0 Å². The van der Waals surface area contributed by atoms with Crippen LogP contribution in [0.15, 0.2) is 60.9 Å². The summed E-state index contributed by atoms with van der Waals surface area (Å²) < 4.78 is 0. The number of benzene rings is 2. The monoisotopic (exact) mass is 338 g/mol. The van der Waals surface area contributed by atoms with Gasteiger partial charge in [0.25, 0.3) is 0 Å². The van der Waals surface area contributed by atoms with E-state index in [2.05, 4.69) is 15.3 Å². The number of nitrogens with zero attached hydrogens (tertiary/aromatic N) is 3. The molecule has 0 saturated heterocycles. The van der Waals surface area contributed by atoms with Gasteiger partial charge in [-0.2, -0.15) is 0 Å². The number of hydrogen-bond acceptors (Lipinski definition) is 5. The van der Waals surface area contributed by atoms with E-state index < -0.39 is 0 Å². The average molecular weight is 339 g/mol. The highest BCUT2D eigenvalue weighted by atomic mass is 35.5. The summed E-state index contributed by atoms with van der Waals surface area (Å²) in [5.74, 6) is 0.654. The number of rotatable bonds is 3. The zero-order valence-corrected chi connectivity index (χ0v) is 13.5. The Morgan fingerprint density at radius 3 is 2.52 bits per heavy atom. The third kappa shape index (κ3) is 2.76. The lowest BCUT2D eigenvalue weighted by molar-refractivity contribution is 1.22. The fraction of sp³-hybridized carbons (Fsp3) is 0. The van der Waals surface area contributed by atoms with Crippen LogP contribution in [0.5, 0.6) is 0 Å². The molecule has 1 N–H and O–H groups in total. The van der Waals surface area contributed by atoms with Crippen molar-refractivity contribution in [3.05, 3.63) is 65.9 Å². The molecule has 2 aromatic carbocycles. The molecule has 0 aliphatic heterocycles. The minimum atomic E-state index is 0.637. The van der Waals surface area contributed by atoms with Gasteiger partial charge in [-0.05, 0) is 12.1 Å². The van der Waals surface area contributed by atoms with E-state index in [1.54, 1.807) is 11.3 Å². The van der Waals surface area contributed by atoms with E-state index in [0.717, 1.165) is 26.6 Å².